The molecule has 0 spiro atoms. The van der Waals surface area contributed by atoms with Crippen LogP contribution in [-0.4, -0.2) is 5.11 Å². The van der Waals surface area contributed by atoms with E-state index in [-0.39, 0.29) is 6.10 Å². The Morgan fingerprint density at radius 3 is 2.58 bits per heavy atom. The van der Waals surface area contributed by atoms with Crippen LogP contribution in [0.4, 0.5) is 0 Å². The van der Waals surface area contributed by atoms with Crippen molar-refractivity contribution < 1.29 is 5.11 Å². The molecule has 1 aliphatic rings. The average molecular weight is 317 g/mol. The number of hydrogen-bond acceptors (Lipinski definition) is 1. The molecule has 2 heteroatoms. The molecule has 0 amide bonds. The van der Waals surface area contributed by atoms with Crippen LogP contribution in [0.25, 0.3) is 0 Å². The monoisotopic (exact) mass is 316 g/mol. The van der Waals surface area contributed by atoms with Crippen LogP contribution in [0.3, 0.4) is 0 Å². The zero-order valence-corrected chi connectivity index (χ0v) is 12.3. The topological polar surface area (TPSA) is 20.2 Å². The van der Waals surface area contributed by atoms with Gasteiger partial charge in [-0.3, -0.25) is 0 Å². The summed E-state index contributed by atoms with van der Waals surface area (Å²) in [6.07, 6.45) is 2.76. The van der Waals surface area contributed by atoms with Crippen LogP contribution < -0.4 is 0 Å². The summed E-state index contributed by atoms with van der Waals surface area (Å²) in [6, 6.07) is 16.7. The van der Waals surface area contributed by atoms with Gasteiger partial charge in [-0.15, -0.1) is 0 Å². The quantitative estimate of drug-likeness (QED) is 0.876. The molecule has 98 valence electrons. The van der Waals surface area contributed by atoms with E-state index in [9.17, 15) is 5.11 Å². The standard InChI is InChI=1S/C17H17BrO/c18-15-9-5-12(6-10-15)11-14-8-7-13-3-1-2-4-16(13)17(14)19/h1-6,9-10,14,17,19H,7-8,11H2. The first-order valence-corrected chi connectivity index (χ1v) is 7.53. The molecule has 2 atom stereocenters. The maximum Gasteiger partial charge on any atom is 0.0824 e. The zero-order chi connectivity index (χ0) is 13.2. The van der Waals surface area contributed by atoms with Crippen LogP contribution in [0.2, 0.25) is 0 Å². The van der Waals surface area contributed by atoms with Crippen molar-refractivity contribution in [1.82, 2.24) is 0 Å². The smallest absolute Gasteiger partial charge is 0.0824 e. The second-order valence-electron chi connectivity index (χ2n) is 5.27. The van der Waals surface area contributed by atoms with Crippen molar-refractivity contribution in [2.45, 2.75) is 25.4 Å². The van der Waals surface area contributed by atoms with Crippen LogP contribution in [0.15, 0.2) is 53.0 Å². The van der Waals surface area contributed by atoms with Crippen molar-refractivity contribution in [2.75, 3.05) is 0 Å². The molecular weight excluding hydrogens is 300 g/mol. The maximum atomic E-state index is 10.5. The van der Waals surface area contributed by atoms with Gasteiger partial charge < -0.3 is 5.11 Å². The van der Waals surface area contributed by atoms with E-state index in [1.54, 1.807) is 0 Å². The van der Waals surface area contributed by atoms with Crippen molar-refractivity contribution in [1.29, 1.82) is 0 Å². The molecule has 2 aromatic carbocycles. The maximum absolute atomic E-state index is 10.5. The molecule has 1 N–H and O–H groups in total. The lowest BCUT2D eigenvalue weighted by molar-refractivity contribution is 0.0936. The van der Waals surface area contributed by atoms with E-state index >= 15 is 0 Å². The molecule has 0 bridgehead atoms. The molecular formula is C17H17BrO. The van der Waals surface area contributed by atoms with Gasteiger partial charge in [-0.2, -0.15) is 0 Å². The van der Waals surface area contributed by atoms with Gasteiger partial charge in [-0.25, -0.2) is 0 Å². The molecule has 3 rings (SSSR count). The van der Waals surface area contributed by atoms with Gasteiger partial charge in [0.1, 0.15) is 0 Å². The number of aryl methyl sites for hydroxylation is 1. The van der Waals surface area contributed by atoms with Crippen LogP contribution in [0.5, 0.6) is 0 Å². The van der Waals surface area contributed by atoms with Crippen molar-refractivity contribution in [2.24, 2.45) is 5.92 Å². The van der Waals surface area contributed by atoms with E-state index in [0.717, 1.165) is 29.3 Å². The molecule has 0 fully saturated rings. The molecule has 0 aliphatic heterocycles. The highest BCUT2D eigenvalue weighted by molar-refractivity contribution is 9.10. The third-order valence-electron chi connectivity index (χ3n) is 4.02. The Morgan fingerprint density at radius 2 is 1.79 bits per heavy atom. The van der Waals surface area contributed by atoms with Gasteiger partial charge in [0.15, 0.2) is 0 Å². The van der Waals surface area contributed by atoms with E-state index in [1.807, 2.05) is 6.07 Å². The second kappa shape index (κ2) is 5.48. The minimum Gasteiger partial charge on any atom is -0.388 e. The Bertz CT molecular complexity index is 562. The lowest BCUT2D eigenvalue weighted by Gasteiger charge is -2.30. The normalized spacial score (nSPS) is 22.0. The van der Waals surface area contributed by atoms with Gasteiger partial charge in [0.05, 0.1) is 6.10 Å². The highest BCUT2D eigenvalue weighted by Gasteiger charge is 2.27. The fourth-order valence-electron chi connectivity index (χ4n) is 2.94. The first-order valence-electron chi connectivity index (χ1n) is 6.74. The number of hydrogen-bond donors (Lipinski definition) is 1. The number of fused-ring (bicyclic) bond motifs is 1. The van der Waals surface area contributed by atoms with E-state index in [4.69, 9.17) is 0 Å². The second-order valence-corrected chi connectivity index (χ2v) is 6.19. The largest absolute Gasteiger partial charge is 0.388 e. The summed E-state index contributed by atoms with van der Waals surface area (Å²) >= 11 is 3.45. The molecule has 0 heterocycles. The lowest BCUT2D eigenvalue weighted by atomic mass is 9.78. The summed E-state index contributed by atoms with van der Waals surface area (Å²) in [4.78, 5) is 0. The third kappa shape index (κ3) is 2.75. The van der Waals surface area contributed by atoms with E-state index in [1.165, 1.54) is 11.1 Å². The molecule has 0 radical (unpaired) electrons. The molecule has 2 aromatic rings. The number of aliphatic hydroxyl groups is 1. The molecule has 2 unspecified atom stereocenters. The van der Waals surface area contributed by atoms with Gasteiger partial charge >= 0.3 is 0 Å². The van der Waals surface area contributed by atoms with Gasteiger partial charge in [0.2, 0.25) is 0 Å². The molecule has 0 saturated heterocycles. The third-order valence-corrected chi connectivity index (χ3v) is 4.54. The zero-order valence-electron chi connectivity index (χ0n) is 10.7. The SMILES string of the molecule is OC1c2ccccc2CCC1Cc1ccc(Br)cc1. The van der Waals surface area contributed by atoms with E-state index in [2.05, 4.69) is 58.4 Å². The van der Waals surface area contributed by atoms with Crippen molar-refractivity contribution >= 4 is 15.9 Å². The van der Waals surface area contributed by atoms with E-state index in [0.29, 0.717) is 5.92 Å². The number of rotatable bonds is 2. The summed E-state index contributed by atoms with van der Waals surface area (Å²) < 4.78 is 1.10. The summed E-state index contributed by atoms with van der Waals surface area (Å²) in [6.45, 7) is 0. The fraction of sp³-hybridized carbons (Fsp3) is 0.294. The highest BCUT2D eigenvalue weighted by atomic mass is 79.9. The minimum absolute atomic E-state index is 0.325. The molecule has 19 heavy (non-hydrogen) atoms. The number of halogens is 1. The molecule has 0 saturated carbocycles. The van der Waals surface area contributed by atoms with Crippen molar-refractivity contribution in [3.8, 4) is 0 Å². The van der Waals surface area contributed by atoms with Gasteiger partial charge in [0, 0.05) is 4.47 Å². The Labute approximate surface area is 122 Å². The molecule has 0 aromatic heterocycles. The van der Waals surface area contributed by atoms with Crippen LogP contribution >= 0.6 is 15.9 Å². The predicted octanol–water partition coefficient (Wildman–Crippen LogP) is 4.29. The summed E-state index contributed by atoms with van der Waals surface area (Å²) in [5, 5.41) is 10.5. The predicted molar refractivity (Wildman–Crippen MR) is 81.1 cm³/mol. The van der Waals surface area contributed by atoms with E-state index < -0.39 is 0 Å². The first kappa shape index (κ1) is 12.9. The average Bonchev–Trinajstić information content (AvgIpc) is 2.45. The first-order chi connectivity index (χ1) is 9.24. The van der Waals surface area contributed by atoms with Gasteiger partial charge in [0.25, 0.3) is 0 Å². The molecule has 1 nitrogen and oxygen atoms in total. The summed E-state index contributed by atoms with van der Waals surface area (Å²) in [7, 11) is 0. The van der Waals surface area contributed by atoms with Gasteiger partial charge in [-0.05, 0) is 54.0 Å². The number of aliphatic hydroxyl groups excluding tert-OH is 1. The Morgan fingerprint density at radius 1 is 1.05 bits per heavy atom. The highest BCUT2D eigenvalue weighted by Crippen LogP contribution is 2.36. The van der Waals surface area contributed by atoms with Crippen LogP contribution in [-0.2, 0) is 12.8 Å². The minimum atomic E-state index is -0.325. The Hall–Kier alpha value is -1.12. The van der Waals surface area contributed by atoms with Gasteiger partial charge in [-0.1, -0.05) is 52.3 Å². The van der Waals surface area contributed by atoms with Crippen LogP contribution in [0.1, 0.15) is 29.2 Å². The van der Waals surface area contributed by atoms with Crippen molar-refractivity contribution in [3.05, 3.63) is 69.7 Å². The van der Waals surface area contributed by atoms with Crippen LogP contribution in [0, 0.1) is 5.92 Å². The Balaban J connectivity index is 1.79. The summed E-state index contributed by atoms with van der Waals surface area (Å²) in [5.41, 5.74) is 3.73. The lowest BCUT2D eigenvalue weighted by Crippen LogP contribution is -2.22. The Kier molecular flexibility index (Phi) is 3.72. The summed E-state index contributed by atoms with van der Waals surface area (Å²) in [5.74, 6) is 0.330. The van der Waals surface area contributed by atoms with Crippen molar-refractivity contribution in [3.63, 3.8) is 0 Å². The molecule has 1 aliphatic carbocycles. The fourth-order valence-corrected chi connectivity index (χ4v) is 3.20. The number of benzene rings is 2.